The molecule has 134 valence electrons. The van der Waals surface area contributed by atoms with Crippen LogP contribution in [-0.2, 0) is 11.3 Å². The van der Waals surface area contributed by atoms with E-state index in [1.165, 1.54) is 0 Å². The zero-order valence-corrected chi connectivity index (χ0v) is 14.8. The minimum atomic E-state index is -0.184. The first-order valence-corrected chi connectivity index (χ1v) is 8.93. The van der Waals surface area contributed by atoms with E-state index in [1.807, 2.05) is 26.1 Å². The largest absolute Gasteiger partial charge is 0.508 e. The van der Waals surface area contributed by atoms with E-state index in [0.717, 1.165) is 44.3 Å². The summed E-state index contributed by atoms with van der Waals surface area (Å²) in [4.78, 5) is 16.2. The van der Waals surface area contributed by atoms with Crippen LogP contribution in [0.3, 0.4) is 0 Å². The maximum absolute atomic E-state index is 12.1. The highest BCUT2D eigenvalue weighted by Crippen LogP contribution is 2.25. The molecule has 1 aromatic rings. The fourth-order valence-electron chi connectivity index (χ4n) is 3.31. The number of aliphatic hydroxyl groups is 1. The first kappa shape index (κ1) is 18.7. The lowest BCUT2D eigenvalue weighted by Gasteiger charge is -2.36. The number of amides is 1. The van der Waals surface area contributed by atoms with Gasteiger partial charge in [-0.3, -0.25) is 9.69 Å². The van der Waals surface area contributed by atoms with Crippen LogP contribution in [0.25, 0.3) is 0 Å². The summed E-state index contributed by atoms with van der Waals surface area (Å²) in [5.74, 6) is 0.433. The molecule has 5 nitrogen and oxygen atoms in total. The molecule has 0 bridgehead atoms. The molecule has 0 aliphatic heterocycles. The highest BCUT2D eigenvalue weighted by atomic mass is 16.3. The number of phenols is 1. The fraction of sp³-hybridized carbons (Fsp3) is 0.632. The summed E-state index contributed by atoms with van der Waals surface area (Å²) in [6.45, 7) is 4.13. The first-order valence-electron chi connectivity index (χ1n) is 8.93. The summed E-state index contributed by atoms with van der Waals surface area (Å²) < 4.78 is 0. The molecule has 0 heterocycles. The molecule has 0 radical (unpaired) electrons. The predicted octanol–water partition coefficient (Wildman–Crippen LogP) is 2.37. The van der Waals surface area contributed by atoms with Gasteiger partial charge in [-0.05, 0) is 50.3 Å². The van der Waals surface area contributed by atoms with E-state index >= 15 is 0 Å². The van der Waals surface area contributed by atoms with E-state index in [4.69, 9.17) is 0 Å². The monoisotopic (exact) mass is 334 g/mol. The smallest absolute Gasteiger partial charge is 0.223 e. The van der Waals surface area contributed by atoms with E-state index in [-0.39, 0.29) is 17.8 Å². The van der Waals surface area contributed by atoms with Crippen LogP contribution in [0.2, 0.25) is 0 Å². The van der Waals surface area contributed by atoms with Crippen molar-refractivity contribution in [3.63, 3.8) is 0 Å². The maximum atomic E-state index is 12.1. The van der Waals surface area contributed by atoms with E-state index in [0.29, 0.717) is 19.0 Å². The average Bonchev–Trinajstić information content (AvgIpc) is 2.58. The maximum Gasteiger partial charge on any atom is 0.223 e. The number of benzene rings is 1. The second-order valence-electron chi connectivity index (χ2n) is 6.76. The van der Waals surface area contributed by atoms with Crippen LogP contribution in [-0.4, -0.2) is 58.2 Å². The Kier molecular flexibility index (Phi) is 7.06. The summed E-state index contributed by atoms with van der Waals surface area (Å²) in [7, 11) is 1.83. The van der Waals surface area contributed by atoms with Crippen LogP contribution in [0, 0.1) is 0 Å². The number of hydrogen-bond acceptors (Lipinski definition) is 4. The highest BCUT2D eigenvalue weighted by molar-refractivity contribution is 5.75. The van der Waals surface area contributed by atoms with Gasteiger partial charge in [0.25, 0.3) is 0 Å². The topological polar surface area (TPSA) is 64.0 Å². The standard InChI is InChI=1S/C19H30N2O3/c1-3-20(2)19(24)11-12-21(16-7-9-17(22)10-8-16)14-15-5-4-6-18(23)13-15/h4-6,13,16-17,22-23H,3,7-12,14H2,1-2H3. The summed E-state index contributed by atoms with van der Waals surface area (Å²) >= 11 is 0. The molecule has 1 amide bonds. The van der Waals surface area contributed by atoms with Crippen molar-refractivity contribution in [2.24, 2.45) is 0 Å². The van der Waals surface area contributed by atoms with Gasteiger partial charge in [-0.25, -0.2) is 0 Å². The van der Waals surface area contributed by atoms with Gasteiger partial charge in [0.15, 0.2) is 0 Å². The summed E-state index contributed by atoms with van der Waals surface area (Å²) in [6, 6.07) is 7.69. The second-order valence-corrected chi connectivity index (χ2v) is 6.76. The van der Waals surface area contributed by atoms with Gasteiger partial charge >= 0.3 is 0 Å². The lowest BCUT2D eigenvalue weighted by molar-refractivity contribution is -0.130. The summed E-state index contributed by atoms with van der Waals surface area (Å²) in [5, 5.41) is 19.4. The van der Waals surface area contributed by atoms with Crippen LogP contribution in [0.1, 0.15) is 44.6 Å². The first-order chi connectivity index (χ1) is 11.5. The molecule has 1 fully saturated rings. The molecule has 2 N–H and O–H groups in total. The molecule has 1 aliphatic carbocycles. The third-order valence-electron chi connectivity index (χ3n) is 4.99. The zero-order valence-electron chi connectivity index (χ0n) is 14.8. The Morgan fingerprint density at radius 1 is 1.25 bits per heavy atom. The summed E-state index contributed by atoms with van der Waals surface area (Å²) in [6.07, 6.45) is 3.88. The number of rotatable bonds is 7. The van der Waals surface area contributed by atoms with Crippen LogP contribution in [0.4, 0.5) is 0 Å². The molecule has 5 heteroatoms. The van der Waals surface area contributed by atoms with Crippen molar-refractivity contribution in [3.05, 3.63) is 29.8 Å². The quantitative estimate of drug-likeness (QED) is 0.803. The van der Waals surface area contributed by atoms with Crippen LogP contribution in [0.15, 0.2) is 24.3 Å². The Morgan fingerprint density at radius 2 is 1.96 bits per heavy atom. The lowest BCUT2D eigenvalue weighted by Crippen LogP contribution is -2.41. The van der Waals surface area contributed by atoms with E-state index in [9.17, 15) is 15.0 Å². The number of phenolic OH excluding ortho intramolecular Hbond substituents is 1. The van der Waals surface area contributed by atoms with Crippen molar-refractivity contribution >= 4 is 5.91 Å². The SMILES string of the molecule is CCN(C)C(=O)CCN(Cc1cccc(O)c1)C1CCC(O)CC1. The van der Waals surface area contributed by atoms with E-state index < -0.39 is 0 Å². The van der Waals surface area contributed by atoms with Gasteiger partial charge in [0.05, 0.1) is 6.10 Å². The molecule has 0 unspecified atom stereocenters. The Hall–Kier alpha value is -1.59. The number of nitrogens with zero attached hydrogens (tertiary/aromatic N) is 2. The number of carbonyl (C=O) groups excluding carboxylic acids is 1. The van der Waals surface area contributed by atoms with Gasteiger partial charge in [-0.2, -0.15) is 0 Å². The molecular weight excluding hydrogens is 304 g/mol. The number of aromatic hydroxyl groups is 1. The molecule has 2 rings (SSSR count). The van der Waals surface area contributed by atoms with Crippen LogP contribution in [0.5, 0.6) is 5.75 Å². The molecule has 1 aromatic carbocycles. The molecule has 0 spiro atoms. The number of hydrogen-bond donors (Lipinski definition) is 2. The molecule has 24 heavy (non-hydrogen) atoms. The number of carbonyl (C=O) groups is 1. The Morgan fingerprint density at radius 3 is 2.58 bits per heavy atom. The fourth-order valence-corrected chi connectivity index (χ4v) is 3.31. The Labute approximate surface area is 144 Å². The minimum Gasteiger partial charge on any atom is -0.508 e. The van der Waals surface area contributed by atoms with Crippen LogP contribution < -0.4 is 0 Å². The van der Waals surface area contributed by atoms with Crippen molar-refractivity contribution in [1.82, 2.24) is 9.80 Å². The van der Waals surface area contributed by atoms with E-state index in [2.05, 4.69) is 4.90 Å². The van der Waals surface area contributed by atoms with Crippen molar-refractivity contribution in [1.29, 1.82) is 0 Å². The van der Waals surface area contributed by atoms with E-state index in [1.54, 1.807) is 17.0 Å². The van der Waals surface area contributed by atoms with Gasteiger partial charge < -0.3 is 15.1 Å². The molecule has 0 atom stereocenters. The molecule has 1 aliphatic rings. The van der Waals surface area contributed by atoms with Crippen molar-refractivity contribution < 1.29 is 15.0 Å². The van der Waals surface area contributed by atoms with Crippen LogP contribution >= 0.6 is 0 Å². The zero-order chi connectivity index (χ0) is 17.5. The Balaban J connectivity index is 2.02. The van der Waals surface area contributed by atoms with Crippen molar-refractivity contribution in [3.8, 4) is 5.75 Å². The number of aliphatic hydroxyl groups excluding tert-OH is 1. The van der Waals surface area contributed by atoms with Crippen molar-refractivity contribution in [2.45, 2.75) is 57.7 Å². The van der Waals surface area contributed by atoms with Gasteiger partial charge in [0, 0.05) is 39.1 Å². The van der Waals surface area contributed by atoms with Gasteiger partial charge in [0.1, 0.15) is 5.75 Å². The molecule has 1 saturated carbocycles. The highest BCUT2D eigenvalue weighted by Gasteiger charge is 2.25. The third kappa shape index (κ3) is 5.49. The summed E-state index contributed by atoms with van der Waals surface area (Å²) in [5.41, 5.74) is 1.05. The second kappa shape index (κ2) is 9.04. The third-order valence-corrected chi connectivity index (χ3v) is 4.99. The molecule has 0 saturated heterocycles. The lowest BCUT2D eigenvalue weighted by atomic mass is 9.91. The predicted molar refractivity (Wildman–Crippen MR) is 94.7 cm³/mol. The Bertz CT molecular complexity index is 527. The molecular formula is C19H30N2O3. The van der Waals surface area contributed by atoms with Crippen molar-refractivity contribution in [2.75, 3.05) is 20.1 Å². The van der Waals surface area contributed by atoms with Gasteiger partial charge in [0.2, 0.25) is 5.91 Å². The van der Waals surface area contributed by atoms with Gasteiger partial charge in [-0.15, -0.1) is 0 Å². The normalized spacial score (nSPS) is 21.0. The molecule has 0 aromatic heterocycles. The van der Waals surface area contributed by atoms with Gasteiger partial charge in [-0.1, -0.05) is 12.1 Å². The average molecular weight is 334 g/mol. The minimum absolute atomic E-state index is 0.161.